The van der Waals surface area contributed by atoms with Gasteiger partial charge in [-0.3, -0.25) is 19.2 Å². The van der Waals surface area contributed by atoms with Crippen molar-refractivity contribution in [3.8, 4) is 17.2 Å². The van der Waals surface area contributed by atoms with Crippen molar-refractivity contribution in [2.45, 2.75) is 69.4 Å². The van der Waals surface area contributed by atoms with Crippen LogP contribution in [0.25, 0.3) is 0 Å². The number of aliphatic hydroxyl groups is 2. The fraction of sp³-hybridized carbons (Fsp3) is 0.448. The summed E-state index contributed by atoms with van der Waals surface area (Å²) in [5, 5.41) is 47.6. The number of aliphatic hydroxyl groups excluding tert-OH is 1. The Balaban J connectivity index is 1.62. The van der Waals surface area contributed by atoms with Crippen LogP contribution in [0.3, 0.4) is 0 Å². The van der Waals surface area contributed by atoms with E-state index in [-0.39, 0.29) is 52.1 Å². The summed E-state index contributed by atoms with van der Waals surface area (Å²) >= 11 is 3.06. The van der Waals surface area contributed by atoms with Crippen LogP contribution in [0.15, 0.2) is 18.2 Å². The number of ether oxygens (including phenoxy) is 3. The van der Waals surface area contributed by atoms with Crippen molar-refractivity contribution >= 4 is 39.2 Å². The molecule has 1 saturated heterocycles. The number of alkyl halides is 1. The molecule has 13 heteroatoms. The van der Waals surface area contributed by atoms with Crippen LogP contribution in [-0.4, -0.2) is 86.3 Å². The smallest absolute Gasteiger partial charge is 0.230 e. The second kappa shape index (κ2) is 11.0. The molecule has 0 aromatic heterocycles. The summed E-state index contributed by atoms with van der Waals surface area (Å²) in [5.74, 6) is -3.73. The third-order valence-electron chi connectivity index (χ3n) is 8.22. The molecule has 6 unspecified atom stereocenters. The van der Waals surface area contributed by atoms with Gasteiger partial charge in [0.05, 0.1) is 47.4 Å². The highest BCUT2D eigenvalue weighted by Crippen LogP contribution is 2.52. The fourth-order valence-electron chi connectivity index (χ4n) is 6.01. The molecule has 0 saturated carbocycles. The van der Waals surface area contributed by atoms with E-state index in [0.29, 0.717) is 0 Å². The molecule has 42 heavy (non-hydrogen) atoms. The van der Waals surface area contributed by atoms with Crippen LogP contribution in [-0.2, 0) is 25.5 Å². The number of aromatic hydroxyl groups is 2. The molecule has 0 spiro atoms. The fourth-order valence-corrected chi connectivity index (χ4v) is 6.17. The van der Waals surface area contributed by atoms with Crippen LogP contribution in [0, 0.1) is 0 Å². The number of amides is 1. The summed E-state index contributed by atoms with van der Waals surface area (Å²) in [4.78, 5) is 51.9. The molecule has 0 radical (unpaired) electrons. The zero-order valence-corrected chi connectivity index (χ0v) is 24.6. The second-order valence-corrected chi connectivity index (χ2v) is 11.3. The lowest BCUT2D eigenvalue weighted by Crippen LogP contribution is -2.56. The molecule has 1 heterocycles. The Morgan fingerprint density at radius 2 is 1.83 bits per heavy atom. The van der Waals surface area contributed by atoms with Gasteiger partial charge in [-0.15, -0.1) is 0 Å². The first-order chi connectivity index (χ1) is 19.8. The van der Waals surface area contributed by atoms with Crippen molar-refractivity contribution in [3.05, 3.63) is 51.6 Å². The topological polar surface area (TPSA) is 189 Å². The van der Waals surface area contributed by atoms with Gasteiger partial charge in [0.2, 0.25) is 11.7 Å². The maximum atomic E-state index is 13.7. The van der Waals surface area contributed by atoms with Crippen molar-refractivity contribution < 1.29 is 53.8 Å². The first-order valence-electron chi connectivity index (χ1n) is 13.3. The van der Waals surface area contributed by atoms with Gasteiger partial charge in [-0.05, 0) is 19.9 Å². The van der Waals surface area contributed by atoms with Gasteiger partial charge in [0.25, 0.3) is 0 Å². The summed E-state index contributed by atoms with van der Waals surface area (Å²) in [6.45, 7) is 2.74. The Morgan fingerprint density at radius 3 is 2.48 bits per heavy atom. The predicted molar refractivity (Wildman–Crippen MR) is 148 cm³/mol. The summed E-state index contributed by atoms with van der Waals surface area (Å²) in [6.07, 6.45) is -5.14. The van der Waals surface area contributed by atoms with E-state index >= 15 is 0 Å². The van der Waals surface area contributed by atoms with Crippen LogP contribution in [0.4, 0.5) is 0 Å². The zero-order valence-electron chi connectivity index (χ0n) is 23.0. The molecular formula is C29H30BrNO11. The summed E-state index contributed by atoms with van der Waals surface area (Å²) < 4.78 is 17.3. The molecule has 1 aliphatic heterocycles. The summed E-state index contributed by atoms with van der Waals surface area (Å²) in [6, 6.07) is 3.63. The van der Waals surface area contributed by atoms with E-state index in [1.807, 2.05) is 0 Å². The van der Waals surface area contributed by atoms with Crippen LogP contribution in [0.2, 0.25) is 0 Å². The lowest BCUT2D eigenvalue weighted by atomic mass is 9.72. The normalized spacial score (nSPS) is 28.4. The number of methoxy groups -OCH3 is 1. The number of benzene rings is 2. The van der Waals surface area contributed by atoms with Crippen molar-refractivity contribution in [2.75, 3.05) is 12.4 Å². The van der Waals surface area contributed by atoms with Gasteiger partial charge in [-0.2, -0.15) is 0 Å². The number of ketones is 3. The predicted octanol–water partition coefficient (Wildman–Crippen LogP) is 1.58. The van der Waals surface area contributed by atoms with Crippen molar-refractivity contribution in [1.82, 2.24) is 5.32 Å². The minimum atomic E-state index is -2.05. The van der Waals surface area contributed by atoms with Gasteiger partial charge in [-0.25, -0.2) is 0 Å². The highest BCUT2D eigenvalue weighted by molar-refractivity contribution is 9.09. The van der Waals surface area contributed by atoms with Crippen molar-refractivity contribution in [3.63, 3.8) is 0 Å². The maximum absolute atomic E-state index is 13.7. The average molecular weight is 648 g/mol. The first kappa shape index (κ1) is 30.1. The maximum Gasteiger partial charge on any atom is 0.230 e. The number of halogens is 1. The largest absolute Gasteiger partial charge is 0.507 e. The summed E-state index contributed by atoms with van der Waals surface area (Å²) in [5.41, 5.74) is -3.28. The molecule has 1 fully saturated rings. The molecule has 5 rings (SSSR count). The first-order valence-corrected chi connectivity index (χ1v) is 14.4. The Labute approximate surface area is 248 Å². The van der Waals surface area contributed by atoms with Gasteiger partial charge in [0.15, 0.2) is 17.9 Å². The number of rotatable bonds is 6. The van der Waals surface area contributed by atoms with Gasteiger partial charge in [0, 0.05) is 36.0 Å². The molecule has 6 atom stereocenters. The number of carbonyl (C=O) groups is 4. The highest BCUT2D eigenvalue weighted by atomic mass is 79.9. The monoisotopic (exact) mass is 647 g/mol. The zero-order chi connectivity index (χ0) is 30.7. The molecule has 2 aliphatic carbocycles. The number of carbonyl (C=O) groups excluding carboxylic acids is 4. The van der Waals surface area contributed by atoms with E-state index in [9.17, 15) is 39.6 Å². The number of phenols is 2. The lowest BCUT2D eigenvalue weighted by Gasteiger charge is -2.42. The Kier molecular flexibility index (Phi) is 7.92. The molecule has 5 N–H and O–H groups in total. The SMILES string of the molecule is COc1cccc2c1C(=O)c1c(O)c3c(c(O)c1C2=O)CC(O)(C(C)=O)CC3OC1CC(NC(=O)CBr)C(O)C(C)O1. The number of phenolic OH excluding ortho intramolecular Hbond substituents is 2. The Hall–Kier alpha value is -3.36. The van der Waals surface area contributed by atoms with E-state index in [2.05, 4.69) is 21.2 Å². The number of Topliss-reactive ketones (excluding diaryl/α,β-unsaturated/α-hetero) is 1. The molecule has 2 aromatic carbocycles. The quantitative estimate of drug-likeness (QED) is 0.193. The third kappa shape index (κ3) is 4.78. The Bertz CT molecular complexity index is 1510. The minimum absolute atomic E-state index is 0.00243. The van der Waals surface area contributed by atoms with Crippen LogP contribution >= 0.6 is 15.9 Å². The standard InChI is InChI=1S/C29H30BrNO11/c1-11-24(34)15(31-18(33)10-30)7-19(41-11)42-17-9-29(39,12(2)32)8-14-21(17)28(38)23-22(26(14)36)25(35)13-5-4-6-16(40-3)20(13)27(23)37/h4-6,11,15,17,19,24,34,36,38-39H,7-10H2,1-3H3,(H,31,33). The molecule has 2 aromatic rings. The lowest BCUT2D eigenvalue weighted by molar-refractivity contribution is -0.249. The Morgan fingerprint density at radius 1 is 1.14 bits per heavy atom. The molecule has 224 valence electrons. The number of fused-ring (bicyclic) bond motifs is 3. The van der Waals surface area contributed by atoms with E-state index < -0.39 is 82.6 Å². The number of hydrogen-bond donors (Lipinski definition) is 5. The van der Waals surface area contributed by atoms with Crippen molar-refractivity contribution in [1.29, 1.82) is 0 Å². The van der Waals surface area contributed by atoms with Gasteiger partial charge in [-0.1, -0.05) is 28.1 Å². The van der Waals surface area contributed by atoms with E-state index in [1.54, 1.807) is 6.92 Å². The van der Waals surface area contributed by atoms with Crippen LogP contribution < -0.4 is 10.1 Å². The van der Waals surface area contributed by atoms with Crippen LogP contribution in [0.5, 0.6) is 17.2 Å². The average Bonchev–Trinajstić information content (AvgIpc) is 2.95. The number of nitrogens with one attached hydrogen (secondary N) is 1. The van der Waals surface area contributed by atoms with Gasteiger partial charge < -0.3 is 40.0 Å². The highest BCUT2D eigenvalue weighted by Gasteiger charge is 2.49. The van der Waals surface area contributed by atoms with Gasteiger partial charge in [0.1, 0.15) is 29.0 Å². The van der Waals surface area contributed by atoms with E-state index in [1.165, 1.54) is 25.3 Å². The van der Waals surface area contributed by atoms with E-state index in [4.69, 9.17) is 14.2 Å². The minimum Gasteiger partial charge on any atom is -0.507 e. The second-order valence-electron chi connectivity index (χ2n) is 10.8. The third-order valence-corrected chi connectivity index (χ3v) is 8.73. The molecule has 0 bridgehead atoms. The molecule has 1 amide bonds. The van der Waals surface area contributed by atoms with Crippen molar-refractivity contribution in [2.24, 2.45) is 0 Å². The van der Waals surface area contributed by atoms with Gasteiger partial charge >= 0.3 is 0 Å². The molecule has 3 aliphatic rings. The van der Waals surface area contributed by atoms with Crippen LogP contribution in [0.1, 0.15) is 75.8 Å². The summed E-state index contributed by atoms with van der Waals surface area (Å²) in [7, 11) is 1.33. The molecular weight excluding hydrogens is 618 g/mol. The van der Waals surface area contributed by atoms with E-state index in [0.717, 1.165) is 6.92 Å². The molecule has 12 nitrogen and oxygen atoms in total. The number of hydrogen-bond acceptors (Lipinski definition) is 11.